The van der Waals surface area contributed by atoms with E-state index in [1.54, 1.807) is 0 Å². The van der Waals surface area contributed by atoms with Crippen molar-refractivity contribution >= 4 is 17.9 Å². The number of esters is 3. The molecule has 0 aromatic rings. The summed E-state index contributed by atoms with van der Waals surface area (Å²) in [6.07, 6.45) is 78.9. The van der Waals surface area contributed by atoms with Crippen LogP contribution in [0.4, 0.5) is 0 Å². The van der Waals surface area contributed by atoms with Crippen LogP contribution in [0.2, 0.25) is 0 Å². The van der Waals surface area contributed by atoms with Gasteiger partial charge in [-0.05, 0) is 19.3 Å². The normalized spacial score (nSPS) is 11.9. The van der Waals surface area contributed by atoms with Gasteiger partial charge in [0.25, 0.3) is 0 Å². The smallest absolute Gasteiger partial charge is 0.306 e. The van der Waals surface area contributed by atoms with Crippen molar-refractivity contribution in [2.75, 3.05) is 13.2 Å². The molecule has 0 amide bonds. The van der Waals surface area contributed by atoms with Crippen molar-refractivity contribution in [3.8, 4) is 0 Å². The van der Waals surface area contributed by atoms with Gasteiger partial charge in [-0.2, -0.15) is 0 Å². The number of hydrogen-bond acceptors (Lipinski definition) is 6. The van der Waals surface area contributed by atoms with Crippen molar-refractivity contribution in [1.82, 2.24) is 0 Å². The van der Waals surface area contributed by atoms with Crippen LogP contribution in [0.3, 0.4) is 0 Å². The first-order valence-electron chi connectivity index (χ1n) is 35.5. The number of ether oxygens (including phenoxy) is 3. The van der Waals surface area contributed by atoms with Gasteiger partial charge in [0, 0.05) is 19.3 Å². The Morgan fingerprint density at radius 1 is 0.208 bits per heavy atom. The zero-order chi connectivity index (χ0) is 55.7. The Bertz CT molecular complexity index is 1160. The van der Waals surface area contributed by atoms with Crippen molar-refractivity contribution in [3.63, 3.8) is 0 Å². The van der Waals surface area contributed by atoms with Gasteiger partial charge in [0.05, 0.1) is 0 Å². The van der Waals surface area contributed by atoms with Gasteiger partial charge >= 0.3 is 17.9 Å². The van der Waals surface area contributed by atoms with E-state index >= 15 is 0 Å². The molecule has 0 aromatic carbocycles. The standard InChI is InChI=1S/C71H138O6/c1-4-7-10-13-16-19-21-23-25-27-28-29-30-31-32-33-34-35-36-37-38-39-40-41-42-43-45-46-48-50-52-55-58-61-64-70(73)76-67-68(66-75-69(72)63-60-57-54-18-15-12-9-6-3)77-71(74)65-62-59-56-53-51-49-47-44-26-24-22-20-17-14-11-8-5-2/h68H,4-67H2,1-3H3. The zero-order valence-corrected chi connectivity index (χ0v) is 52.8. The molecule has 1 atom stereocenters. The molecular weight excluding hydrogens is 949 g/mol. The quantitative estimate of drug-likeness (QED) is 0.0343. The first-order valence-corrected chi connectivity index (χ1v) is 35.5. The van der Waals surface area contributed by atoms with Gasteiger partial charge in [0.1, 0.15) is 13.2 Å². The minimum Gasteiger partial charge on any atom is -0.462 e. The molecule has 1 unspecified atom stereocenters. The van der Waals surface area contributed by atoms with Crippen molar-refractivity contribution in [2.45, 2.75) is 425 Å². The Hall–Kier alpha value is -1.59. The molecule has 0 aromatic heterocycles. The summed E-state index contributed by atoms with van der Waals surface area (Å²) in [5.74, 6) is -0.832. The average Bonchev–Trinajstić information content (AvgIpc) is 3.43. The minimum absolute atomic E-state index is 0.0612. The lowest BCUT2D eigenvalue weighted by Crippen LogP contribution is -2.30. The SMILES string of the molecule is CCCCCCCCCCCCCCCCCCCCCCCCCCCCCCCCCCCCC(=O)OCC(COC(=O)CCCCCCCCCC)OC(=O)CCCCCCCCCCCCCCCCCCC. The molecule has 0 radical (unpaired) electrons. The van der Waals surface area contributed by atoms with E-state index in [0.29, 0.717) is 19.3 Å². The van der Waals surface area contributed by atoms with Gasteiger partial charge in [0.15, 0.2) is 6.10 Å². The highest BCUT2D eigenvalue weighted by Crippen LogP contribution is 2.20. The molecule has 0 aliphatic carbocycles. The summed E-state index contributed by atoms with van der Waals surface area (Å²) in [6, 6.07) is 0. The molecule has 0 bridgehead atoms. The lowest BCUT2D eigenvalue weighted by molar-refractivity contribution is -0.167. The van der Waals surface area contributed by atoms with E-state index in [1.165, 1.54) is 321 Å². The molecule has 0 rings (SSSR count). The monoisotopic (exact) mass is 1090 g/mol. The average molecular weight is 1090 g/mol. The van der Waals surface area contributed by atoms with Crippen molar-refractivity contribution in [3.05, 3.63) is 0 Å². The highest BCUT2D eigenvalue weighted by atomic mass is 16.6. The molecular formula is C71H138O6. The second-order valence-electron chi connectivity index (χ2n) is 24.5. The molecule has 458 valence electrons. The van der Waals surface area contributed by atoms with E-state index in [1.807, 2.05) is 0 Å². The summed E-state index contributed by atoms with van der Waals surface area (Å²) < 4.78 is 16.9. The maximum Gasteiger partial charge on any atom is 0.306 e. The third-order valence-electron chi connectivity index (χ3n) is 16.6. The molecule has 0 spiro atoms. The van der Waals surface area contributed by atoms with Crippen molar-refractivity contribution < 1.29 is 28.6 Å². The van der Waals surface area contributed by atoms with E-state index in [-0.39, 0.29) is 31.1 Å². The third-order valence-corrected chi connectivity index (χ3v) is 16.6. The molecule has 0 aliphatic heterocycles. The summed E-state index contributed by atoms with van der Waals surface area (Å²) in [7, 11) is 0. The summed E-state index contributed by atoms with van der Waals surface area (Å²) in [4.78, 5) is 38.2. The highest BCUT2D eigenvalue weighted by molar-refractivity contribution is 5.71. The number of unbranched alkanes of at least 4 members (excludes halogenated alkanes) is 56. The molecule has 0 fully saturated rings. The fourth-order valence-corrected chi connectivity index (χ4v) is 11.3. The highest BCUT2D eigenvalue weighted by Gasteiger charge is 2.19. The first-order chi connectivity index (χ1) is 38.0. The Labute approximate surface area is 482 Å². The first kappa shape index (κ1) is 75.4. The Kier molecular flexibility index (Phi) is 65.5. The van der Waals surface area contributed by atoms with Crippen LogP contribution in [0.1, 0.15) is 419 Å². The van der Waals surface area contributed by atoms with Crippen LogP contribution < -0.4 is 0 Å². The van der Waals surface area contributed by atoms with Crippen molar-refractivity contribution in [1.29, 1.82) is 0 Å². The van der Waals surface area contributed by atoms with Crippen molar-refractivity contribution in [2.24, 2.45) is 0 Å². The van der Waals surface area contributed by atoms with Crippen LogP contribution in [0.25, 0.3) is 0 Å². The van der Waals surface area contributed by atoms with Gasteiger partial charge in [-0.15, -0.1) is 0 Å². The van der Waals surface area contributed by atoms with Gasteiger partial charge in [-0.25, -0.2) is 0 Å². The van der Waals surface area contributed by atoms with Gasteiger partial charge in [-0.1, -0.05) is 380 Å². The predicted octanol–water partition coefficient (Wildman–Crippen LogP) is 24.2. The minimum atomic E-state index is -0.761. The lowest BCUT2D eigenvalue weighted by Gasteiger charge is -2.18. The molecule has 0 aliphatic rings. The molecule has 0 N–H and O–H groups in total. The largest absolute Gasteiger partial charge is 0.462 e. The molecule has 0 heterocycles. The van der Waals surface area contributed by atoms with Gasteiger partial charge < -0.3 is 14.2 Å². The number of carbonyl (C=O) groups is 3. The summed E-state index contributed by atoms with van der Waals surface area (Å²) in [6.45, 7) is 6.70. The van der Waals surface area contributed by atoms with E-state index in [2.05, 4.69) is 20.8 Å². The van der Waals surface area contributed by atoms with Crippen LogP contribution >= 0.6 is 0 Å². The number of carbonyl (C=O) groups excluding carboxylic acids is 3. The second kappa shape index (κ2) is 66.9. The fraction of sp³-hybridized carbons (Fsp3) is 0.958. The van der Waals surface area contributed by atoms with E-state index in [9.17, 15) is 14.4 Å². The molecule has 0 saturated carbocycles. The van der Waals surface area contributed by atoms with Crippen LogP contribution in [0.5, 0.6) is 0 Å². The Morgan fingerprint density at radius 2 is 0.351 bits per heavy atom. The van der Waals surface area contributed by atoms with Crippen LogP contribution in [0.15, 0.2) is 0 Å². The van der Waals surface area contributed by atoms with Gasteiger partial charge in [0.2, 0.25) is 0 Å². The Balaban J connectivity index is 3.92. The Morgan fingerprint density at radius 3 is 0.519 bits per heavy atom. The molecule has 6 heteroatoms. The van der Waals surface area contributed by atoms with Gasteiger partial charge in [-0.3, -0.25) is 14.4 Å². The summed E-state index contributed by atoms with van der Waals surface area (Å²) in [5, 5.41) is 0. The lowest BCUT2D eigenvalue weighted by atomic mass is 10.0. The van der Waals surface area contributed by atoms with Crippen LogP contribution in [-0.2, 0) is 28.6 Å². The van der Waals surface area contributed by atoms with E-state index in [4.69, 9.17) is 14.2 Å². The van der Waals surface area contributed by atoms with E-state index < -0.39 is 6.10 Å². The zero-order valence-electron chi connectivity index (χ0n) is 52.8. The topological polar surface area (TPSA) is 78.9 Å². The number of rotatable bonds is 67. The predicted molar refractivity (Wildman–Crippen MR) is 335 cm³/mol. The number of hydrogen-bond donors (Lipinski definition) is 0. The van der Waals surface area contributed by atoms with Crippen LogP contribution in [0, 0.1) is 0 Å². The maximum absolute atomic E-state index is 12.9. The van der Waals surface area contributed by atoms with E-state index in [0.717, 1.165) is 57.8 Å². The molecule has 6 nitrogen and oxygen atoms in total. The third kappa shape index (κ3) is 65.1. The van der Waals surface area contributed by atoms with Crippen LogP contribution in [-0.4, -0.2) is 37.2 Å². The fourth-order valence-electron chi connectivity index (χ4n) is 11.3. The summed E-state index contributed by atoms with van der Waals surface area (Å²) >= 11 is 0. The maximum atomic E-state index is 12.9. The summed E-state index contributed by atoms with van der Waals surface area (Å²) in [5.41, 5.74) is 0. The molecule has 77 heavy (non-hydrogen) atoms. The molecule has 0 saturated heterocycles. The second-order valence-corrected chi connectivity index (χ2v) is 24.5.